The average Bonchev–Trinajstić information content (AvgIpc) is 2.55. The molecule has 0 saturated carbocycles. The van der Waals surface area contributed by atoms with Gasteiger partial charge in [0.15, 0.2) is 0 Å². The van der Waals surface area contributed by atoms with Gasteiger partial charge in [0.05, 0.1) is 13.0 Å². The summed E-state index contributed by atoms with van der Waals surface area (Å²) >= 11 is 0. The van der Waals surface area contributed by atoms with Crippen LogP contribution < -0.4 is 5.32 Å². The van der Waals surface area contributed by atoms with E-state index in [0.29, 0.717) is 26.1 Å². The van der Waals surface area contributed by atoms with Gasteiger partial charge in [-0.3, -0.25) is 9.59 Å². The van der Waals surface area contributed by atoms with Crippen LogP contribution in [0, 0.1) is 5.82 Å². The van der Waals surface area contributed by atoms with Gasteiger partial charge in [-0.25, -0.2) is 4.39 Å². The maximum atomic E-state index is 12.9. The molecule has 1 aromatic rings. The van der Waals surface area contributed by atoms with Crippen LogP contribution in [-0.4, -0.2) is 49.6 Å². The first-order valence-electron chi connectivity index (χ1n) is 7.89. The smallest absolute Gasteiger partial charge is 0.226 e. The van der Waals surface area contributed by atoms with Gasteiger partial charge in [0.25, 0.3) is 0 Å². The Labute approximate surface area is 135 Å². The third kappa shape index (κ3) is 5.63. The van der Waals surface area contributed by atoms with E-state index in [9.17, 15) is 14.0 Å². The van der Waals surface area contributed by atoms with Gasteiger partial charge in [-0.15, -0.1) is 0 Å². The van der Waals surface area contributed by atoms with Gasteiger partial charge in [-0.1, -0.05) is 12.1 Å². The maximum absolute atomic E-state index is 12.9. The molecule has 0 spiro atoms. The molecule has 2 amide bonds. The molecule has 0 aromatic heterocycles. The number of amides is 2. The Morgan fingerprint density at radius 1 is 1.26 bits per heavy atom. The van der Waals surface area contributed by atoms with Crippen LogP contribution in [0.2, 0.25) is 0 Å². The van der Waals surface area contributed by atoms with Crippen molar-refractivity contribution < 1.29 is 18.7 Å². The van der Waals surface area contributed by atoms with Crippen molar-refractivity contribution in [2.75, 3.05) is 26.8 Å². The van der Waals surface area contributed by atoms with Crippen molar-refractivity contribution in [1.82, 2.24) is 10.2 Å². The number of nitrogens with zero attached hydrogens (tertiary/aromatic N) is 1. The molecule has 0 aliphatic carbocycles. The van der Waals surface area contributed by atoms with Crippen LogP contribution in [0.5, 0.6) is 0 Å². The van der Waals surface area contributed by atoms with Crippen molar-refractivity contribution in [3.8, 4) is 0 Å². The summed E-state index contributed by atoms with van der Waals surface area (Å²) in [6.45, 7) is 1.69. The molecule has 1 fully saturated rings. The molecule has 1 aliphatic rings. The second-order valence-corrected chi connectivity index (χ2v) is 5.77. The van der Waals surface area contributed by atoms with E-state index in [4.69, 9.17) is 4.74 Å². The van der Waals surface area contributed by atoms with E-state index in [1.165, 1.54) is 12.1 Å². The Balaban J connectivity index is 1.74. The van der Waals surface area contributed by atoms with Crippen molar-refractivity contribution in [3.63, 3.8) is 0 Å². The highest BCUT2D eigenvalue weighted by Crippen LogP contribution is 2.13. The fourth-order valence-electron chi connectivity index (χ4n) is 2.66. The second kappa shape index (κ2) is 8.62. The van der Waals surface area contributed by atoms with E-state index in [1.54, 1.807) is 24.1 Å². The molecule has 1 aromatic carbocycles. The lowest BCUT2D eigenvalue weighted by Crippen LogP contribution is -2.47. The number of nitrogens with one attached hydrogen (secondary N) is 1. The standard InChI is InChI=1S/C17H23FN2O3/c1-23-11-8-16(21)19-15-6-9-20(10-7-15)17(22)12-13-2-4-14(18)5-3-13/h2-5,15H,6-12H2,1H3,(H,19,21). The quantitative estimate of drug-likeness (QED) is 0.864. The largest absolute Gasteiger partial charge is 0.384 e. The summed E-state index contributed by atoms with van der Waals surface area (Å²) in [5.41, 5.74) is 0.811. The van der Waals surface area contributed by atoms with Crippen LogP contribution in [0.4, 0.5) is 4.39 Å². The first-order valence-corrected chi connectivity index (χ1v) is 7.89. The topological polar surface area (TPSA) is 58.6 Å². The number of methoxy groups -OCH3 is 1. The minimum atomic E-state index is -0.300. The molecule has 2 rings (SSSR count). The van der Waals surface area contributed by atoms with Crippen molar-refractivity contribution in [1.29, 1.82) is 0 Å². The predicted octanol–water partition coefficient (Wildman–Crippen LogP) is 1.51. The summed E-state index contributed by atoms with van der Waals surface area (Å²) in [4.78, 5) is 25.7. The summed E-state index contributed by atoms with van der Waals surface area (Å²) in [7, 11) is 1.57. The molecule has 1 aliphatic heterocycles. The predicted molar refractivity (Wildman–Crippen MR) is 84.3 cm³/mol. The number of likely N-dealkylation sites (tertiary alicyclic amines) is 1. The molecule has 0 bridgehead atoms. The van der Waals surface area contributed by atoms with Gasteiger partial charge in [0, 0.05) is 32.7 Å². The van der Waals surface area contributed by atoms with Crippen LogP contribution in [0.15, 0.2) is 24.3 Å². The highest BCUT2D eigenvalue weighted by molar-refractivity contribution is 5.79. The zero-order valence-corrected chi connectivity index (χ0v) is 13.4. The van der Waals surface area contributed by atoms with Crippen LogP contribution in [-0.2, 0) is 20.7 Å². The molecule has 0 unspecified atom stereocenters. The summed E-state index contributed by atoms with van der Waals surface area (Å²) < 4.78 is 17.7. The van der Waals surface area contributed by atoms with Crippen molar-refractivity contribution in [3.05, 3.63) is 35.6 Å². The molecule has 0 radical (unpaired) electrons. The lowest BCUT2D eigenvalue weighted by atomic mass is 10.0. The Bertz CT molecular complexity index is 525. The maximum Gasteiger partial charge on any atom is 0.226 e. The van der Waals surface area contributed by atoms with Crippen LogP contribution in [0.25, 0.3) is 0 Å². The summed E-state index contributed by atoms with van der Waals surface area (Å²) in [5, 5.41) is 2.97. The lowest BCUT2D eigenvalue weighted by Gasteiger charge is -2.32. The van der Waals surface area contributed by atoms with E-state index in [1.807, 2.05) is 0 Å². The number of halogens is 1. The normalized spacial score (nSPS) is 15.5. The Morgan fingerprint density at radius 2 is 1.91 bits per heavy atom. The molecule has 6 heteroatoms. The van der Waals surface area contributed by atoms with E-state index >= 15 is 0 Å². The molecule has 1 saturated heterocycles. The zero-order valence-electron chi connectivity index (χ0n) is 13.4. The number of ether oxygens (including phenoxy) is 1. The molecule has 5 nitrogen and oxygen atoms in total. The van der Waals surface area contributed by atoms with Crippen molar-refractivity contribution in [2.45, 2.75) is 31.7 Å². The van der Waals surface area contributed by atoms with Crippen LogP contribution >= 0.6 is 0 Å². The first-order chi connectivity index (χ1) is 11.1. The van der Waals surface area contributed by atoms with E-state index in [0.717, 1.165) is 18.4 Å². The van der Waals surface area contributed by atoms with Crippen molar-refractivity contribution in [2.24, 2.45) is 0 Å². The molecule has 1 heterocycles. The van der Waals surface area contributed by atoms with Gasteiger partial charge >= 0.3 is 0 Å². The van der Waals surface area contributed by atoms with E-state index in [2.05, 4.69) is 5.32 Å². The minimum absolute atomic E-state index is 0.0112. The Kier molecular flexibility index (Phi) is 6.52. The SMILES string of the molecule is COCCC(=O)NC1CCN(C(=O)Cc2ccc(F)cc2)CC1. The summed E-state index contributed by atoms with van der Waals surface area (Å²) in [6, 6.07) is 6.12. The van der Waals surface area contributed by atoms with Gasteiger partial charge < -0.3 is 15.0 Å². The number of hydrogen-bond acceptors (Lipinski definition) is 3. The third-order valence-electron chi connectivity index (χ3n) is 4.01. The monoisotopic (exact) mass is 322 g/mol. The fraction of sp³-hybridized carbons (Fsp3) is 0.529. The molecular formula is C17H23FN2O3. The number of benzene rings is 1. The molecule has 126 valence electrons. The first kappa shape index (κ1) is 17.4. The molecule has 1 N–H and O–H groups in total. The fourth-order valence-corrected chi connectivity index (χ4v) is 2.66. The number of piperidine rings is 1. The molecule has 0 atom stereocenters. The van der Waals surface area contributed by atoms with Crippen LogP contribution in [0.1, 0.15) is 24.8 Å². The van der Waals surface area contributed by atoms with E-state index < -0.39 is 0 Å². The second-order valence-electron chi connectivity index (χ2n) is 5.77. The summed E-state index contributed by atoms with van der Waals surface area (Å²) in [6.07, 6.45) is 2.16. The average molecular weight is 322 g/mol. The molecule has 23 heavy (non-hydrogen) atoms. The number of carbonyl (C=O) groups is 2. The minimum Gasteiger partial charge on any atom is -0.384 e. The Hall–Kier alpha value is -1.95. The summed E-state index contributed by atoms with van der Waals surface area (Å²) in [5.74, 6) is -0.269. The van der Waals surface area contributed by atoms with Gasteiger partial charge in [-0.2, -0.15) is 0 Å². The highest BCUT2D eigenvalue weighted by Gasteiger charge is 2.23. The van der Waals surface area contributed by atoms with Crippen molar-refractivity contribution >= 4 is 11.8 Å². The van der Waals surface area contributed by atoms with E-state index in [-0.39, 0.29) is 30.1 Å². The van der Waals surface area contributed by atoms with Crippen LogP contribution in [0.3, 0.4) is 0 Å². The Morgan fingerprint density at radius 3 is 2.52 bits per heavy atom. The number of rotatable bonds is 6. The van der Waals surface area contributed by atoms with Gasteiger partial charge in [0.1, 0.15) is 5.82 Å². The highest BCUT2D eigenvalue weighted by atomic mass is 19.1. The third-order valence-corrected chi connectivity index (χ3v) is 4.01. The molecular weight excluding hydrogens is 299 g/mol. The van der Waals surface area contributed by atoms with Gasteiger partial charge in [-0.05, 0) is 30.5 Å². The van der Waals surface area contributed by atoms with Gasteiger partial charge in [0.2, 0.25) is 11.8 Å². The number of carbonyl (C=O) groups excluding carboxylic acids is 2. The lowest BCUT2D eigenvalue weighted by molar-refractivity contribution is -0.131. The number of hydrogen-bond donors (Lipinski definition) is 1. The zero-order chi connectivity index (χ0) is 16.7.